The summed E-state index contributed by atoms with van der Waals surface area (Å²) in [7, 11) is 3.46. The van der Waals surface area contributed by atoms with E-state index >= 15 is 0 Å². The Kier molecular flexibility index (Phi) is 6.61. The lowest BCUT2D eigenvalue weighted by atomic mass is 10.2. The van der Waals surface area contributed by atoms with Crippen LogP contribution in [-0.4, -0.2) is 52.6 Å². The van der Waals surface area contributed by atoms with E-state index in [1.165, 1.54) is 24.0 Å². The number of methoxy groups -OCH3 is 1. The van der Waals surface area contributed by atoms with Crippen LogP contribution in [0.1, 0.15) is 24.0 Å². The molecule has 9 heteroatoms. The summed E-state index contributed by atoms with van der Waals surface area (Å²) in [5, 5.41) is 4.06. The molecule has 0 spiro atoms. The van der Waals surface area contributed by atoms with E-state index in [4.69, 9.17) is 9.72 Å². The van der Waals surface area contributed by atoms with E-state index in [-0.39, 0.29) is 12.0 Å². The molecule has 0 radical (unpaired) electrons. The van der Waals surface area contributed by atoms with Crippen molar-refractivity contribution in [2.45, 2.75) is 32.4 Å². The van der Waals surface area contributed by atoms with Crippen LogP contribution in [0.2, 0.25) is 0 Å². The van der Waals surface area contributed by atoms with Crippen LogP contribution >= 0.6 is 11.3 Å². The third-order valence-corrected chi connectivity index (χ3v) is 7.17. The topological polar surface area (TPSA) is 83.5 Å². The molecule has 1 aliphatic rings. The van der Waals surface area contributed by atoms with E-state index in [1.54, 1.807) is 6.20 Å². The van der Waals surface area contributed by atoms with E-state index in [2.05, 4.69) is 56.3 Å². The molecule has 1 fully saturated rings. The highest BCUT2D eigenvalue weighted by molar-refractivity contribution is 7.21. The van der Waals surface area contributed by atoms with Crippen molar-refractivity contribution < 1.29 is 9.53 Å². The number of rotatable bonds is 7. The number of ether oxygens (including phenoxy) is 1. The first-order valence-electron chi connectivity index (χ1n) is 11.6. The number of carbonyl (C=O) groups is 1. The Morgan fingerprint density at radius 2 is 2.03 bits per heavy atom. The van der Waals surface area contributed by atoms with Gasteiger partial charge in [-0.3, -0.25) is 9.69 Å². The first-order chi connectivity index (χ1) is 17.0. The lowest BCUT2D eigenvalue weighted by Crippen LogP contribution is -2.36. The molecule has 1 aromatic carbocycles. The number of nitrogens with one attached hydrogen (secondary N) is 1. The molecule has 0 bridgehead atoms. The molecule has 5 rings (SSSR count). The van der Waals surface area contributed by atoms with E-state index < -0.39 is 0 Å². The van der Waals surface area contributed by atoms with Crippen molar-refractivity contribution in [1.82, 2.24) is 19.9 Å². The van der Waals surface area contributed by atoms with Crippen molar-refractivity contribution in [3.63, 3.8) is 0 Å². The van der Waals surface area contributed by atoms with Gasteiger partial charge < -0.3 is 15.0 Å². The second-order valence-corrected chi connectivity index (χ2v) is 9.71. The van der Waals surface area contributed by atoms with Crippen LogP contribution < -0.4 is 10.2 Å². The predicted octanol–water partition coefficient (Wildman–Crippen LogP) is 5.04. The number of aryl methyl sites for hydroxylation is 1. The zero-order valence-electron chi connectivity index (χ0n) is 20.1. The van der Waals surface area contributed by atoms with Gasteiger partial charge in [0.1, 0.15) is 28.0 Å². The average molecular weight is 489 g/mol. The number of likely N-dealkylation sites (tertiary alicyclic amines) is 1. The van der Waals surface area contributed by atoms with Gasteiger partial charge in [0, 0.05) is 25.5 Å². The Morgan fingerprint density at radius 3 is 2.83 bits per heavy atom. The Hall–Kier alpha value is -3.56. The van der Waals surface area contributed by atoms with E-state index in [1.807, 2.05) is 31.3 Å². The van der Waals surface area contributed by atoms with Gasteiger partial charge in [-0.2, -0.15) is 0 Å². The zero-order valence-corrected chi connectivity index (χ0v) is 20.9. The summed E-state index contributed by atoms with van der Waals surface area (Å²) in [5.74, 6) is 1.42. The molecule has 0 amide bonds. The minimum atomic E-state index is -0.174. The van der Waals surface area contributed by atoms with Crippen molar-refractivity contribution in [2.24, 2.45) is 0 Å². The van der Waals surface area contributed by atoms with Crippen LogP contribution in [0.4, 0.5) is 22.5 Å². The molecule has 1 aliphatic heterocycles. The first-order valence-corrected chi connectivity index (χ1v) is 12.4. The molecule has 8 nitrogen and oxygen atoms in total. The molecule has 3 aromatic heterocycles. The van der Waals surface area contributed by atoms with Crippen LogP contribution in [0, 0.1) is 6.92 Å². The molecule has 0 unspecified atom stereocenters. The fourth-order valence-corrected chi connectivity index (χ4v) is 5.19. The Labute approximate surface area is 208 Å². The molecule has 1 saturated heterocycles. The number of benzene rings is 1. The van der Waals surface area contributed by atoms with Gasteiger partial charge >= 0.3 is 5.97 Å². The average Bonchev–Trinajstić information content (AvgIpc) is 3.49. The maximum absolute atomic E-state index is 12.1. The highest BCUT2D eigenvalue weighted by atomic mass is 32.1. The van der Waals surface area contributed by atoms with Gasteiger partial charge in [0.25, 0.3) is 0 Å². The molecule has 180 valence electrons. The lowest BCUT2D eigenvalue weighted by Gasteiger charge is -2.22. The van der Waals surface area contributed by atoms with Crippen LogP contribution in [0.25, 0.3) is 10.3 Å². The molecular weight excluding hydrogens is 460 g/mol. The quantitative estimate of drug-likeness (QED) is 0.362. The van der Waals surface area contributed by atoms with Gasteiger partial charge in [0.2, 0.25) is 0 Å². The number of esters is 1. The molecule has 1 atom stereocenters. The van der Waals surface area contributed by atoms with Gasteiger partial charge in [-0.1, -0.05) is 29.0 Å². The largest absolute Gasteiger partial charge is 0.468 e. The zero-order chi connectivity index (χ0) is 24.4. The minimum absolute atomic E-state index is 0.163. The smallest absolute Gasteiger partial charge is 0.323 e. The van der Waals surface area contributed by atoms with E-state index in [0.717, 1.165) is 51.9 Å². The second kappa shape index (κ2) is 9.97. The number of nitrogens with zero attached hydrogens (tertiary/aromatic N) is 5. The minimum Gasteiger partial charge on any atom is -0.468 e. The lowest BCUT2D eigenvalue weighted by molar-refractivity contribution is -0.146. The number of pyridine rings is 2. The van der Waals surface area contributed by atoms with Gasteiger partial charge in [0.05, 0.1) is 7.11 Å². The SMILES string of the molecule is COC(=O)[C@@H]1CCCN1Cc1ccnc(Nc2nc3ccc(N(C)c4ccc(C)cc4)nc3s2)c1. The Morgan fingerprint density at radius 1 is 1.20 bits per heavy atom. The number of fused-ring (bicyclic) bond motifs is 1. The predicted molar refractivity (Wildman–Crippen MR) is 140 cm³/mol. The second-order valence-electron chi connectivity index (χ2n) is 8.73. The van der Waals surface area contributed by atoms with Crippen LogP contribution in [0.3, 0.4) is 0 Å². The molecule has 0 aliphatic carbocycles. The molecule has 4 aromatic rings. The summed E-state index contributed by atoms with van der Waals surface area (Å²) < 4.78 is 4.97. The summed E-state index contributed by atoms with van der Waals surface area (Å²) >= 11 is 1.50. The van der Waals surface area contributed by atoms with Crippen LogP contribution in [0.15, 0.2) is 54.7 Å². The van der Waals surface area contributed by atoms with Crippen molar-refractivity contribution in [1.29, 1.82) is 0 Å². The van der Waals surface area contributed by atoms with Gasteiger partial charge in [-0.05, 0) is 68.3 Å². The Bertz CT molecular complexity index is 1340. The number of thiazole rings is 1. The van der Waals surface area contributed by atoms with Crippen LogP contribution in [-0.2, 0) is 16.1 Å². The summed E-state index contributed by atoms with van der Waals surface area (Å²) in [6.45, 7) is 3.64. The molecule has 0 saturated carbocycles. The number of hydrogen-bond donors (Lipinski definition) is 1. The van der Waals surface area contributed by atoms with Crippen LogP contribution in [0.5, 0.6) is 0 Å². The fourth-order valence-electron chi connectivity index (χ4n) is 4.35. The number of carbonyl (C=O) groups excluding carboxylic acids is 1. The normalized spacial score (nSPS) is 15.9. The number of hydrogen-bond acceptors (Lipinski definition) is 9. The van der Waals surface area contributed by atoms with Gasteiger partial charge in [0.15, 0.2) is 5.13 Å². The summed E-state index contributed by atoms with van der Waals surface area (Å²) in [5.41, 5.74) is 4.23. The molecule has 35 heavy (non-hydrogen) atoms. The molecule has 1 N–H and O–H groups in total. The number of aromatic nitrogens is 3. The van der Waals surface area contributed by atoms with E-state index in [9.17, 15) is 4.79 Å². The maximum Gasteiger partial charge on any atom is 0.323 e. The Balaban J connectivity index is 1.31. The molecular formula is C26H28N6O2S. The maximum atomic E-state index is 12.1. The van der Waals surface area contributed by atoms with Gasteiger partial charge in [-0.25, -0.2) is 15.0 Å². The highest BCUT2D eigenvalue weighted by Crippen LogP contribution is 2.30. The summed E-state index contributed by atoms with van der Waals surface area (Å²) in [4.78, 5) is 31.1. The summed E-state index contributed by atoms with van der Waals surface area (Å²) in [6.07, 6.45) is 3.61. The van der Waals surface area contributed by atoms with Crippen molar-refractivity contribution >= 4 is 50.1 Å². The third-order valence-electron chi connectivity index (χ3n) is 6.29. The first kappa shape index (κ1) is 23.2. The fraction of sp³-hybridized carbons (Fsp3) is 0.308. The third kappa shape index (κ3) is 5.11. The summed E-state index contributed by atoms with van der Waals surface area (Å²) in [6, 6.07) is 16.2. The van der Waals surface area contributed by atoms with Crippen molar-refractivity contribution in [3.8, 4) is 0 Å². The molecule has 4 heterocycles. The van der Waals surface area contributed by atoms with Crippen molar-refractivity contribution in [2.75, 3.05) is 30.9 Å². The van der Waals surface area contributed by atoms with E-state index in [0.29, 0.717) is 12.4 Å². The number of anilines is 4. The van der Waals surface area contributed by atoms with Gasteiger partial charge in [-0.15, -0.1) is 0 Å². The highest BCUT2D eigenvalue weighted by Gasteiger charge is 2.31. The van der Waals surface area contributed by atoms with Crippen molar-refractivity contribution in [3.05, 3.63) is 65.9 Å². The monoisotopic (exact) mass is 488 g/mol. The standard InChI is InChI=1S/C26H28N6O2S/c1-17-6-8-19(9-7-17)31(2)23-11-10-20-24(30-23)35-26(28-20)29-22-15-18(12-13-27-22)16-32-14-4-5-21(32)25(33)34-3/h6-13,15,21H,4-5,14,16H2,1-3H3,(H,27,28,29)/t21-/m0/s1.